The third-order valence-electron chi connectivity index (χ3n) is 7.15. The van der Waals surface area contributed by atoms with Gasteiger partial charge in [0.15, 0.2) is 0 Å². The van der Waals surface area contributed by atoms with E-state index in [1.54, 1.807) is 0 Å². The largest absolute Gasteiger partial charge is 0.349 e. The summed E-state index contributed by atoms with van der Waals surface area (Å²) in [5, 5.41) is 18.3. The number of anilines is 2. The maximum Gasteiger partial charge on any atom is 0.0991 e. The Morgan fingerprint density at radius 1 is 0.571 bits per heavy atom. The number of fused-ring (bicyclic) bond motifs is 6. The molecule has 2 aliphatic heterocycles. The van der Waals surface area contributed by atoms with E-state index < -0.39 is 0 Å². The Balaban J connectivity index is 1.38. The standard InChI is InChI=1S/C31H24N4/c1-20-11-26(24-7-3-22(15-32)4-8-24)13-28-17-35-19-34(30(20)28)18-29-14-27(12-21(2)31(29)35)25-9-5-23(16-33)6-10-25/h3-14H,17-19H2,1-2H3. The van der Waals surface area contributed by atoms with Crippen LogP contribution in [0.4, 0.5) is 11.4 Å². The number of nitrogens with zero attached hydrogens (tertiary/aromatic N) is 4. The Morgan fingerprint density at radius 2 is 0.971 bits per heavy atom. The topological polar surface area (TPSA) is 54.1 Å². The van der Waals surface area contributed by atoms with Crippen LogP contribution in [0.3, 0.4) is 0 Å². The number of hydrogen-bond acceptors (Lipinski definition) is 4. The summed E-state index contributed by atoms with van der Waals surface area (Å²) in [6.45, 7) is 7.06. The molecule has 0 fully saturated rings. The molecule has 0 saturated heterocycles. The summed E-state index contributed by atoms with van der Waals surface area (Å²) >= 11 is 0. The Hall–Kier alpha value is -4.54. The van der Waals surface area contributed by atoms with Gasteiger partial charge in [0, 0.05) is 24.5 Å². The molecule has 0 unspecified atom stereocenters. The number of nitriles is 2. The van der Waals surface area contributed by atoms with Crippen LogP contribution in [-0.2, 0) is 13.1 Å². The van der Waals surface area contributed by atoms with Crippen molar-refractivity contribution >= 4 is 11.4 Å². The Kier molecular flexibility index (Phi) is 4.83. The van der Waals surface area contributed by atoms with Gasteiger partial charge >= 0.3 is 0 Å². The van der Waals surface area contributed by atoms with Gasteiger partial charge in [-0.1, -0.05) is 24.3 Å². The van der Waals surface area contributed by atoms with E-state index in [1.807, 2.05) is 48.5 Å². The second kappa shape index (κ2) is 8.05. The first-order chi connectivity index (χ1) is 17.0. The molecule has 0 aliphatic carbocycles. The van der Waals surface area contributed by atoms with Gasteiger partial charge in [0.05, 0.1) is 29.9 Å². The van der Waals surface area contributed by atoms with Crippen molar-refractivity contribution in [1.29, 1.82) is 10.5 Å². The lowest BCUT2D eigenvalue weighted by Gasteiger charge is -2.46. The summed E-state index contributed by atoms with van der Waals surface area (Å²) in [4.78, 5) is 4.97. The highest BCUT2D eigenvalue weighted by Gasteiger charge is 2.32. The zero-order valence-corrected chi connectivity index (χ0v) is 19.8. The quantitative estimate of drug-likeness (QED) is 0.340. The Bertz CT molecular complexity index is 1430. The van der Waals surface area contributed by atoms with E-state index in [2.05, 4.69) is 60.1 Å². The zero-order valence-electron chi connectivity index (χ0n) is 19.8. The average molecular weight is 453 g/mol. The number of hydrogen-bond donors (Lipinski definition) is 0. The lowest BCUT2D eigenvalue weighted by atomic mass is 9.91. The van der Waals surface area contributed by atoms with Crippen molar-refractivity contribution in [3.8, 4) is 34.4 Å². The molecular formula is C31H24N4. The van der Waals surface area contributed by atoms with Gasteiger partial charge in [0.1, 0.15) is 0 Å². The first kappa shape index (κ1) is 21.0. The maximum absolute atomic E-state index is 9.13. The summed E-state index contributed by atoms with van der Waals surface area (Å²) in [6.07, 6.45) is 0. The van der Waals surface area contributed by atoms with Crippen LogP contribution in [0.15, 0.2) is 72.8 Å². The van der Waals surface area contributed by atoms with Gasteiger partial charge < -0.3 is 9.80 Å². The van der Waals surface area contributed by atoms with Gasteiger partial charge in [0.2, 0.25) is 0 Å². The highest BCUT2D eigenvalue weighted by Crippen LogP contribution is 2.43. The predicted octanol–water partition coefficient (Wildman–Crippen LogP) is 6.68. The van der Waals surface area contributed by atoms with E-state index in [0.717, 1.165) is 30.9 Å². The smallest absolute Gasteiger partial charge is 0.0991 e. The molecule has 0 atom stereocenters. The molecular weight excluding hydrogens is 428 g/mol. The van der Waals surface area contributed by atoms with E-state index in [0.29, 0.717) is 11.1 Å². The molecule has 0 spiro atoms. The molecule has 0 amide bonds. The average Bonchev–Trinajstić information content (AvgIpc) is 2.88. The fourth-order valence-electron chi connectivity index (χ4n) is 5.68. The van der Waals surface area contributed by atoms with Gasteiger partial charge in [-0.3, -0.25) is 0 Å². The van der Waals surface area contributed by atoms with Crippen LogP contribution in [0.5, 0.6) is 0 Å². The second-order valence-electron chi connectivity index (χ2n) is 9.52. The fraction of sp³-hybridized carbons (Fsp3) is 0.161. The number of aryl methyl sites for hydroxylation is 2. The van der Waals surface area contributed by atoms with Gasteiger partial charge in [-0.15, -0.1) is 0 Å². The van der Waals surface area contributed by atoms with Crippen LogP contribution < -0.4 is 9.80 Å². The van der Waals surface area contributed by atoms with Gasteiger partial charge in [-0.2, -0.15) is 10.5 Å². The van der Waals surface area contributed by atoms with Crippen molar-refractivity contribution in [2.75, 3.05) is 16.5 Å². The maximum atomic E-state index is 9.13. The van der Waals surface area contributed by atoms with Crippen molar-refractivity contribution in [2.24, 2.45) is 0 Å². The van der Waals surface area contributed by atoms with Gasteiger partial charge in [-0.25, -0.2) is 0 Å². The van der Waals surface area contributed by atoms with Crippen molar-refractivity contribution in [1.82, 2.24) is 0 Å². The molecule has 4 heteroatoms. The molecule has 4 nitrogen and oxygen atoms in total. The van der Waals surface area contributed by atoms with E-state index in [9.17, 15) is 0 Å². The zero-order chi connectivity index (χ0) is 24.1. The first-order valence-electron chi connectivity index (χ1n) is 11.8. The molecule has 35 heavy (non-hydrogen) atoms. The predicted molar refractivity (Wildman–Crippen MR) is 140 cm³/mol. The van der Waals surface area contributed by atoms with Crippen molar-refractivity contribution in [2.45, 2.75) is 26.9 Å². The lowest BCUT2D eigenvalue weighted by molar-refractivity contribution is 0.647. The third kappa shape index (κ3) is 3.52. The molecule has 4 aromatic carbocycles. The highest BCUT2D eigenvalue weighted by atomic mass is 15.4. The van der Waals surface area contributed by atoms with E-state index in [-0.39, 0.29) is 0 Å². The Morgan fingerprint density at radius 3 is 1.34 bits per heavy atom. The molecule has 0 N–H and O–H groups in total. The van der Waals surface area contributed by atoms with Crippen LogP contribution in [0.1, 0.15) is 33.4 Å². The monoisotopic (exact) mass is 452 g/mol. The van der Waals surface area contributed by atoms with E-state index in [4.69, 9.17) is 10.5 Å². The minimum absolute atomic E-state index is 0.683. The lowest BCUT2D eigenvalue weighted by Crippen LogP contribution is -2.46. The number of benzene rings is 4. The van der Waals surface area contributed by atoms with E-state index >= 15 is 0 Å². The molecule has 2 bridgehead atoms. The van der Waals surface area contributed by atoms with E-state index in [1.165, 1.54) is 44.8 Å². The van der Waals surface area contributed by atoms with Gasteiger partial charge in [0.25, 0.3) is 0 Å². The third-order valence-corrected chi connectivity index (χ3v) is 7.15. The van der Waals surface area contributed by atoms with Crippen molar-refractivity contribution < 1.29 is 0 Å². The molecule has 2 heterocycles. The SMILES string of the molecule is Cc1cc(-c2ccc(C#N)cc2)cc2c1N1Cc3cc(-c4ccc(C#N)cc4)cc(C)c3N(C2)C1. The number of rotatable bonds is 2. The molecule has 0 radical (unpaired) electrons. The van der Waals surface area contributed by atoms with Crippen LogP contribution in [-0.4, -0.2) is 6.67 Å². The van der Waals surface area contributed by atoms with Crippen LogP contribution >= 0.6 is 0 Å². The Labute approximate surface area is 205 Å². The first-order valence-corrected chi connectivity index (χ1v) is 11.8. The minimum Gasteiger partial charge on any atom is -0.349 e. The van der Waals surface area contributed by atoms with Gasteiger partial charge in [-0.05, 0) is 107 Å². The molecule has 0 aromatic heterocycles. The van der Waals surface area contributed by atoms with Crippen LogP contribution in [0.2, 0.25) is 0 Å². The molecule has 2 aliphatic rings. The highest BCUT2D eigenvalue weighted by molar-refractivity contribution is 5.79. The molecule has 4 aromatic rings. The van der Waals surface area contributed by atoms with Crippen molar-refractivity contribution in [3.05, 3.63) is 106 Å². The molecule has 168 valence electrons. The summed E-state index contributed by atoms with van der Waals surface area (Å²) in [5.41, 5.74) is 14.0. The van der Waals surface area contributed by atoms with Crippen LogP contribution in [0.25, 0.3) is 22.3 Å². The summed E-state index contributed by atoms with van der Waals surface area (Å²) in [5.74, 6) is 0. The summed E-state index contributed by atoms with van der Waals surface area (Å²) < 4.78 is 0. The van der Waals surface area contributed by atoms with Crippen LogP contribution in [0, 0.1) is 36.5 Å². The minimum atomic E-state index is 0.683. The molecule has 6 rings (SSSR count). The second-order valence-corrected chi connectivity index (χ2v) is 9.52. The summed E-state index contributed by atoms with van der Waals surface area (Å²) in [7, 11) is 0. The fourth-order valence-corrected chi connectivity index (χ4v) is 5.68. The molecule has 0 saturated carbocycles. The normalized spacial score (nSPS) is 13.5. The van der Waals surface area contributed by atoms with Crippen molar-refractivity contribution in [3.63, 3.8) is 0 Å². The summed E-state index contributed by atoms with van der Waals surface area (Å²) in [6, 6.07) is 29.3.